The number of likely N-dealkylation sites (N-methyl/N-ethyl adjacent to an activating group) is 1. The maximum atomic E-state index is 12.3. The Labute approximate surface area is 168 Å². The molecule has 3 rings (SSSR count). The molecule has 1 saturated heterocycles. The van der Waals surface area contributed by atoms with Gasteiger partial charge in [0.1, 0.15) is 12.4 Å². The highest BCUT2D eigenvalue weighted by Gasteiger charge is 2.35. The Balaban J connectivity index is 1.37. The van der Waals surface area contributed by atoms with Crippen molar-refractivity contribution >= 4 is 11.9 Å². The van der Waals surface area contributed by atoms with Crippen molar-refractivity contribution < 1.29 is 14.3 Å². The van der Waals surface area contributed by atoms with E-state index in [1.54, 1.807) is 11.9 Å². The van der Waals surface area contributed by atoms with E-state index in [0.717, 1.165) is 36.3 Å². The molecule has 6 nitrogen and oxygen atoms in total. The van der Waals surface area contributed by atoms with E-state index in [4.69, 9.17) is 4.74 Å². The minimum Gasteiger partial charge on any atom is -0.491 e. The normalized spacial score (nSPS) is 19.9. The SMILES string of the molecule is Cc1ccc(C)c(OCCN(C)C(=O)NC[C@H]2CC(=O)N(C3CCCC3)C2)c1. The minimum absolute atomic E-state index is 0.115. The fourth-order valence-corrected chi connectivity index (χ4v) is 4.14. The lowest BCUT2D eigenvalue weighted by Gasteiger charge is -2.24. The van der Waals surface area contributed by atoms with Crippen LogP contribution in [0.3, 0.4) is 0 Å². The fourth-order valence-electron chi connectivity index (χ4n) is 4.14. The van der Waals surface area contributed by atoms with Crippen molar-refractivity contribution in [3.8, 4) is 5.75 Å². The lowest BCUT2D eigenvalue weighted by Crippen LogP contribution is -2.42. The molecule has 1 N–H and O–H groups in total. The zero-order valence-corrected chi connectivity index (χ0v) is 17.4. The number of benzene rings is 1. The summed E-state index contributed by atoms with van der Waals surface area (Å²) >= 11 is 0. The first kappa shape index (κ1) is 20.5. The van der Waals surface area contributed by atoms with Crippen LogP contribution in [0.2, 0.25) is 0 Å². The predicted molar refractivity (Wildman–Crippen MR) is 110 cm³/mol. The van der Waals surface area contributed by atoms with Gasteiger partial charge in [-0.2, -0.15) is 0 Å². The second-order valence-electron chi connectivity index (χ2n) is 8.28. The number of nitrogens with one attached hydrogen (secondary N) is 1. The zero-order valence-electron chi connectivity index (χ0n) is 17.4. The van der Waals surface area contributed by atoms with Crippen LogP contribution in [-0.2, 0) is 4.79 Å². The van der Waals surface area contributed by atoms with Crippen molar-refractivity contribution in [1.29, 1.82) is 0 Å². The maximum absolute atomic E-state index is 12.3. The highest BCUT2D eigenvalue weighted by molar-refractivity contribution is 5.79. The monoisotopic (exact) mass is 387 g/mol. The number of aryl methyl sites for hydroxylation is 2. The molecule has 1 aromatic rings. The number of carbonyl (C=O) groups is 2. The molecule has 1 saturated carbocycles. The highest BCUT2D eigenvalue weighted by Crippen LogP contribution is 2.29. The van der Waals surface area contributed by atoms with Gasteiger partial charge in [0.2, 0.25) is 5.91 Å². The molecule has 0 radical (unpaired) electrons. The van der Waals surface area contributed by atoms with Crippen molar-refractivity contribution in [1.82, 2.24) is 15.1 Å². The molecule has 1 aliphatic carbocycles. The number of nitrogens with zero attached hydrogens (tertiary/aromatic N) is 2. The van der Waals surface area contributed by atoms with Gasteiger partial charge in [-0.05, 0) is 43.9 Å². The summed E-state index contributed by atoms with van der Waals surface area (Å²) in [6.07, 6.45) is 5.27. The van der Waals surface area contributed by atoms with Crippen LogP contribution in [0.25, 0.3) is 0 Å². The van der Waals surface area contributed by atoms with E-state index in [1.165, 1.54) is 12.8 Å². The quantitative estimate of drug-likeness (QED) is 0.782. The van der Waals surface area contributed by atoms with Gasteiger partial charge in [-0.25, -0.2) is 4.79 Å². The number of hydrogen-bond donors (Lipinski definition) is 1. The van der Waals surface area contributed by atoms with Crippen LogP contribution in [0.1, 0.15) is 43.2 Å². The molecule has 6 heteroatoms. The van der Waals surface area contributed by atoms with E-state index in [1.807, 2.05) is 30.9 Å². The van der Waals surface area contributed by atoms with Crippen molar-refractivity contribution in [3.63, 3.8) is 0 Å². The van der Waals surface area contributed by atoms with E-state index in [0.29, 0.717) is 32.2 Å². The Hall–Kier alpha value is -2.24. The third-order valence-corrected chi connectivity index (χ3v) is 5.92. The van der Waals surface area contributed by atoms with Gasteiger partial charge in [0.15, 0.2) is 0 Å². The van der Waals surface area contributed by atoms with E-state index in [-0.39, 0.29) is 17.9 Å². The number of rotatable bonds is 7. The van der Waals surface area contributed by atoms with E-state index < -0.39 is 0 Å². The highest BCUT2D eigenvalue weighted by atomic mass is 16.5. The van der Waals surface area contributed by atoms with Gasteiger partial charge < -0.3 is 19.9 Å². The van der Waals surface area contributed by atoms with E-state index >= 15 is 0 Å². The summed E-state index contributed by atoms with van der Waals surface area (Å²) in [6.45, 7) is 6.35. The minimum atomic E-state index is -0.115. The number of carbonyl (C=O) groups excluding carboxylic acids is 2. The number of urea groups is 1. The third-order valence-electron chi connectivity index (χ3n) is 5.92. The standard InChI is InChI=1S/C22H33N3O3/c1-16-8-9-17(2)20(12-16)28-11-10-24(3)22(27)23-14-18-13-21(26)25(15-18)19-6-4-5-7-19/h8-9,12,18-19H,4-7,10-11,13-15H2,1-3H3,(H,23,27)/t18-/m1/s1. The van der Waals surface area contributed by atoms with Crippen molar-refractivity contribution in [3.05, 3.63) is 29.3 Å². The lowest BCUT2D eigenvalue weighted by atomic mass is 10.1. The Morgan fingerprint density at radius 1 is 1.29 bits per heavy atom. The van der Waals surface area contributed by atoms with Crippen LogP contribution in [0.5, 0.6) is 5.75 Å². The van der Waals surface area contributed by atoms with Crippen molar-refractivity contribution in [2.45, 2.75) is 52.0 Å². The first-order valence-electron chi connectivity index (χ1n) is 10.4. The predicted octanol–water partition coefficient (Wildman–Crippen LogP) is 3.11. The van der Waals surface area contributed by atoms with Crippen LogP contribution in [0.15, 0.2) is 18.2 Å². The second-order valence-corrected chi connectivity index (χ2v) is 8.28. The fraction of sp³-hybridized carbons (Fsp3) is 0.636. The molecule has 2 fully saturated rings. The molecule has 0 spiro atoms. The van der Waals surface area contributed by atoms with Gasteiger partial charge in [-0.1, -0.05) is 25.0 Å². The summed E-state index contributed by atoms with van der Waals surface area (Å²) in [4.78, 5) is 28.3. The van der Waals surface area contributed by atoms with E-state index in [9.17, 15) is 9.59 Å². The third kappa shape index (κ3) is 5.18. The summed E-state index contributed by atoms with van der Waals surface area (Å²) in [5, 5.41) is 2.98. The lowest BCUT2D eigenvalue weighted by molar-refractivity contribution is -0.129. The zero-order chi connectivity index (χ0) is 20.1. The molecule has 0 unspecified atom stereocenters. The number of likely N-dealkylation sites (tertiary alicyclic amines) is 1. The molecule has 1 aliphatic heterocycles. The first-order chi connectivity index (χ1) is 13.4. The number of ether oxygens (including phenoxy) is 1. The van der Waals surface area contributed by atoms with Crippen molar-refractivity contribution in [2.24, 2.45) is 5.92 Å². The molecule has 3 amide bonds. The number of amides is 3. The van der Waals surface area contributed by atoms with Crippen LogP contribution >= 0.6 is 0 Å². The molecule has 1 aromatic carbocycles. The molecule has 154 valence electrons. The van der Waals surface area contributed by atoms with Crippen LogP contribution in [0, 0.1) is 19.8 Å². The van der Waals surface area contributed by atoms with Gasteiger partial charge in [0.25, 0.3) is 0 Å². The Morgan fingerprint density at radius 2 is 2.04 bits per heavy atom. The summed E-state index contributed by atoms with van der Waals surface area (Å²) in [7, 11) is 1.77. The second kappa shape index (κ2) is 9.30. The van der Waals surface area contributed by atoms with Crippen LogP contribution in [0.4, 0.5) is 4.79 Å². The molecule has 2 aliphatic rings. The van der Waals surface area contributed by atoms with Gasteiger partial charge in [-0.15, -0.1) is 0 Å². The molecule has 28 heavy (non-hydrogen) atoms. The summed E-state index contributed by atoms with van der Waals surface area (Å²) in [5.41, 5.74) is 2.25. The molecular formula is C22H33N3O3. The molecule has 1 atom stereocenters. The summed E-state index contributed by atoms with van der Waals surface area (Å²) < 4.78 is 5.83. The molecule has 0 aromatic heterocycles. The average Bonchev–Trinajstić information content (AvgIpc) is 3.31. The van der Waals surface area contributed by atoms with Gasteiger partial charge in [0.05, 0.1) is 6.54 Å². The Bertz CT molecular complexity index is 700. The molecule has 0 bridgehead atoms. The smallest absolute Gasteiger partial charge is 0.317 e. The van der Waals surface area contributed by atoms with E-state index in [2.05, 4.69) is 11.4 Å². The molecule has 1 heterocycles. The average molecular weight is 388 g/mol. The van der Waals surface area contributed by atoms with Gasteiger partial charge in [-0.3, -0.25) is 4.79 Å². The van der Waals surface area contributed by atoms with Gasteiger partial charge in [0, 0.05) is 38.5 Å². The Kier molecular flexibility index (Phi) is 6.81. The largest absolute Gasteiger partial charge is 0.491 e. The Morgan fingerprint density at radius 3 is 2.79 bits per heavy atom. The van der Waals surface area contributed by atoms with Crippen LogP contribution < -0.4 is 10.1 Å². The maximum Gasteiger partial charge on any atom is 0.317 e. The summed E-state index contributed by atoms with van der Waals surface area (Å²) in [6, 6.07) is 6.43. The van der Waals surface area contributed by atoms with Crippen LogP contribution in [-0.4, -0.2) is 61.1 Å². The summed E-state index contributed by atoms with van der Waals surface area (Å²) in [5.74, 6) is 1.34. The van der Waals surface area contributed by atoms with Crippen molar-refractivity contribution in [2.75, 3.05) is 33.3 Å². The topological polar surface area (TPSA) is 61.9 Å². The van der Waals surface area contributed by atoms with Gasteiger partial charge >= 0.3 is 6.03 Å². The number of hydrogen-bond acceptors (Lipinski definition) is 3. The molecular weight excluding hydrogens is 354 g/mol. The first-order valence-corrected chi connectivity index (χ1v) is 10.4.